The topological polar surface area (TPSA) is 112 Å². The summed E-state index contributed by atoms with van der Waals surface area (Å²) >= 11 is 0. The fraction of sp³-hybridized carbons (Fsp3) is 0.517. The van der Waals surface area contributed by atoms with E-state index in [1.807, 2.05) is 12.1 Å². The van der Waals surface area contributed by atoms with Gasteiger partial charge in [0.1, 0.15) is 11.9 Å². The summed E-state index contributed by atoms with van der Waals surface area (Å²) < 4.78 is 39.7. The first-order valence-electron chi connectivity index (χ1n) is 13.7. The lowest BCUT2D eigenvalue weighted by Crippen LogP contribution is -2.45. The van der Waals surface area contributed by atoms with Gasteiger partial charge in [0.2, 0.25) is 5.91 Å². The van der Waals surface area contributed by atoms with Gasteiger partial charge in [-0.25, -0.2) is 9.78 Å². The molecule has 1 fully saturated rings. The van der Waals surface area contributed by atoms with E-state index in [1.54, 1.807) is 11.8 Å². The van der Waals surface area contributed by atoms with Crippen molar-refractivity contribution in [3.63, 3.8) is 0 Å². The number of carboxylic acid groups (broad SMARTS) is 1. The zero-order valence-electron chi connectivity index (χ0n) is 22.7. The maximum Gasteiger partial charge on any atom is 0.416 e. The SMILES string of the molecule is CCc1cc(C(F)(F)F)cc(C)c1C(=O)NC(CC1CCN(C(=O)Cc2ccc3c(n2)NCCC3)CC1)C(=O)O. The Labute approximate surface area is 231 Å². The molecule has 11 heteroatoms. The number of nitrogens with one attached hydrogen (secondary N) is 2. The summed E-state index contributed by atoms with van der Waals surface area (Å²) in [5.74, 6) is -1.13. The highest BCUT2D eigenvalue weighted by atomic mass is 19.4. The number of halogens is 3. The Bertz CT molecular complexity index is 1270. The van der Waals surface area contributed by atoms with E-state index in [2.05, 4.69) is 15.6 Å². The number of aliphatic carboxylic acids is 1. The summed E-state index contributed by atoms with van der Waals surface area (Å²) in [5.41, 5.74) is 1.46. The number of nitrogens with zero attached hydrogens (tertiary/aromatic N) is 2. The van der Waals surface area contributed by atoms with Crippen LogP contribution in [0.15, 0.2) is 24.3 Å². The number of pyridine rings is 1. The molecule has 0 radical (unpaired) electrons. The highest BCUT2D eigenvalue weighted by molar-refractivity contribution is 5.99. The van der Waals surface area contributed by atoms with Gasteiger partial charge in [0.05, 0.1) is 17.7 Å². The number of benzene rings is 1. The Morgan fingerprint density at radius 3 is 2.58 bits per heavy atom. The van der Waals surface area contributed by atoms with Crippen LogP contribution in [-0.4, -0.2) is 58.5 Å². The number of fused-ring (bicyclic) bond motifs is 1. The maximum atomic E-state index is 13.2. The summed E-state index contributed by atoms with van der Waals surface area (Å²) in [6.45, 7) is 4.89. The number of hydrogen-bond donors (Lipinski definition) is 3. The number of likely N-dealkylation sites (tertiary alicyclic amines) is 1. The molecule has 0 aliphatic carbocycles. The fourth-order valence-corrected chi connectivity index (χ4v) is 5.56. The molecule has 1 aromatic carbocycles. The third kappa shape index (κ3) is 6.92. The predicted octanol–water partition coefficient (Wildman–Crippen LogP) is 4.38. The standard InChI is InChI=1S/C29H35F3N4O4/c1-3-19-15-21(29(30,31)32)13-17(2)25(19)27(38)35-23(28(39)40)14-18-8-11-36(12-9-18)24(37)16-22-7-6-20-5-4-10-33-26(20)34-22/h6-7,13,15,18,23H,3-5,8-12,14,16H2,1-2H3,(H,33,34)(H,35,38)(H,39,40). The van der Waals surface area contributed by atoms with Gasteiger partial charge in [-0.05, 0) is 86.3 Å². The quantitative estimate of drug-likeness (QED) is 0.442. The number of aromatic nitrogens is 1. The van der Waals surface area contributed by atoms with Crippen LogP contribution < -0.4 is 10.6 Å². The van der Waals surface area contributed by atoms with Gasteiger partial charge in [0, 0.05) is 25.2 Å². The number of carbonyl (C=O) groups is 3. The summed E-state index contributed by atoms with van der Waals surface area (Å²) in [7, 11) is 0. The van der Waals surface area contributed by atoms with E-state index in [1.165, 1.54) is 6.92 Å². The first-order chi connectivity index (χ1) is 19.0. The molecule has 0 bridgehead atoms. The lowest BCUT2D eigenvalue weighted by atomic mass is 9.89. The minimum atomic E-state index is -4.54. The van der Waals surface area contributed by atoms with Crippen molar-refractivity contribution in [2.45, 2.75) is 71.0 Å². The second kappa shape index (κ2) is 12.3. The summed E-state index contributed by atoms with van der Waals surface area (Å²) in [6, 6.07) is 4.56. The van der Waals surface area contributed by atoms with Gasteiger partial charge in [-0.3, -0.25) is 9.59 Å². The number of hydrogen-bond acceptors (Lipinski definition) is 5. The molecule has 1 aromatic heterocycles. The molecule has 3 N–H and O–H groups in total. The van der Waals surface area contributed by atoms with E-state index < -0.39 is 29.7 Å². The Hall–Kier alpha value is -3.63. The van der Waals surface area contributed by atoms with Crippen LogP contribution in [0.4, 0.5) is 19.0 Å². The smallest absolute Gasteiger partial charge is 0.416 e. The van der Waals surface area contributed by atoms with Gasteiger partial charge in [0.25, 0.3) is 5.91 Å². The molecule has 40 heavy (non-hydrogen) atoms. The highest BCUT2D eigenvalue weighted by Crippen LogP contribution is 2.32. The van der Waals surface area contributed by atoms with Crippen LogP contribution in [-0.2, 0) is 35.0 Å². The molecule has 2 amide bonds. The molecular weight excluding hydrogens is 525 g/mol. The third-order valence-corrected chi connectivity index (χ3v) is 7.78. The lowest BCUT2D eigenvalue weighted by molar-refractivity contribution is -0.140. The van der Waals surface area contributed by atoms with Crippen LogP contribution >= 0.6 is 0 Å². The zero-order valence-corrected chi connectivity index (χ0v) is 22.7. The second-order valence-electron chi connectivity index (χ2n) is 10.6. The number of carboxylic acids is 1. The molecule has 2 aliphatic heterocycles. The molecule has 2 aromatic rings. The molecule has 216 valence electrons. The largest absolute Gasteiger partial charge is 0.480 e. The van der Waals surface area contributed by atoms with Gasteiger partial charge in [0.15, 0.2) is 0 Å². The predicted molar refractivity (Wildman–Crippen MR) is 143 cm³/mol. The molecule has 0 spiro atoms. The molecule has 4 rings (SSSR count). The summed E-state index contributed by atoms with van der Waals surface area (Å²) in [4.78, 5) is 44.3. The van der Waals surface area contributed by atoms with E-state index in [9.17, 15) is 32.7 Å². The maximum absolute atomic E-state index is 13.2. The first kappa shape index (κ1) is 29.4. The van der Waals surface area contributed by atoms with E-state index in [0.717, 1.165) is 42.9 Å². The Morgan fingerprint density at radius 1 is 1.20 bits per heavy atom. The number of rotatable bonds is 8. The molecule has 3 heterocycles. The van der Waals surface area contributed by atoms with E-state index in [4.69, 9.17) is 0 Å². The molecule has 1 unspecified atom stereocenters. The molecule has 8 nitrogen and oxygen atoms in total. The monoisotopic (exact) mass is 560 g/mol. The zero-order chi connectivity index (χ0) is 29.0. The number of carbonyl (C=O) groups excluding carboxylic acids is 2. The first-order valence-corrected chi connectivity index (χ1v) is 13.7. The van der Waals surface area contributed by atoms with Gasteiger partial charge < -0.3 is 20.6 Å². The van der Waals surface area contributed by atoms with Crippen molar-refractivity contribution in [1.29, 1.82) is 0 Å². The van der Waals surface area contributed by atoms with Crippen molar-refractivity contribution >= 4 is 23.6 Å². The lowest BCUT2D eigenvalue weighted by Gasteiger charge is -2.33. The molecule has 2 aliphatic rings. The minimum absolute atomic E-state index is 0.0316. The second-order valence-corrected chi connectivity index (χ2v) is 10.6. The molecule has 1 saturated heterocycles. The van der Waals surface area contributed by atoms with Crippen molar-refractivity contribution in [3.05, 3.63) is 57.8 Å². The van der Waals surface area contributed by atoms with Gasteiger partial charge in [-0.2, -0.15) is 13.2 Å². The number of anilines is 1. The molecular formula is C29H35F3N4O4. The van der Waals surface area contributed by atoms with Crippen molar-refractivity contribution in [1.82, 2.24) is 15.2 Å². The average molecular weight is 561 g/mol. The summed E-state index contributed by atoms with van der Waals surface area (Å²) in [6.07, 6.45) is -0.787. The number of amides is 2. The van der Waals surface area contributed by atoms with Gasteiger partial charge >= 0.3 is 12.1 Å². The number of piperidine rings is 1. The minimum Gasteiger partial charge on any atom is -0.480 e. The van der Waals surface area contributed by atoms with Crippen LogP contribution in [0.3, 0.4) is 0 Å². The third-order valence-electron chi connectivity index (χ3n) is 7.78. The van der Waals surface area contributed by atoms with Crippen LogP contribution in [0, 0.1) is 12.8 Å². The normalized spacial score (nSPS) is 16.6. The summed E-state index contributed by atoms with van der Waals surface area (Å²) in [5, 5.41) is 15.6. The van der Waals surface area contributed by atoms with Crippen molar-refractivity contribution < 1.29 is 32.7 Å². The van der Waals surface area contributed by atoms with E-state index in [-0.39, 0.29) is 47.8 Å². The Morgan fingerprint density at radius 2 is 1.93 bits per heavy atom. The van der Waals surface area contributed by atoms with Crippen molar-refractivity contribution in [2.24, 2.45) is 5.92 Å². The molecule has 1 atom stereocenters. The van der Waals surface area contributed by atoms with Crippen LogP contribution in [0.5, 0.6) is 0 Å². The molecule has 0 saturated carbocycles. The van der Waals surface area contributed by atoms with E-state index in [0.29, 0.717) is 31.6 Å². The number of alkyl halides is 3. The number of aryl methyl sites for hydroxylation is 3. The fourth-order valence-electron chi connectivity index (χ4n) is 5.56. The van der Waals surface area contributed by atoms with Gasteiger partial charge in [-0.1, -0.05) is 13.0 Å². The van der Waals surface area contributed by atoms with Crippen molar-refractivity contribution in [2.75, 3.05) is 25.0 Å². The Balaban J connectivity index is 1.34. The van der Waals surface area contributed by atoms with E-state index >= 15 is 0 Å². The van der Waals surface area contributed by atoms with Crippen molar-refractivity contribution in [3.8, 4) is 0 Å². The highest BCUT2D eigenvalue weighted by Gasteiger charge is 2.33. The Kier molecular flexibility index (Phi) is 9.00. The van der Waals surface area contributed by atoms with Crippen LogP contribution in [0.2, 0.25) is 0 Å². The average Bonchev–Trinajstić information content (AvgIpc) is 2.91. The van der Waals surface area contributed by atoms with Crippen LogP contribution in [0.1, 0.15) is 70.9 Å². The van der Waals surface area contributed by atoms with Gasteiger partial charge in [-0.15, -0.1) is 0 Å². The van der Waals surface area contributed by atoms with Crippen LogP contribution in [0.25, 0.3) is 0 Å².